The van der Waals surface area contributed by atoms with E-state index in [4.69, 9.17) is 6.42 Å². The summed E-state index contributed by atoms with van der Waals surface area (Å²) in [6.45, 7) is 4.07. The lowest BCUT2D eigenvalue weighted by Crippen LogP contribution is -2.24. The summed E-state index contributed by atoms with van der Waals surface area (Å²) in [5, 5.41) is 3.63. The van der Waals surface area contributed by atoms with Crippen LogP contribution in [0.15, 0.2) is 43.1 Å². The van der Waals surface area contributed by atoms with Crippen LogP contribution in [0.3, 0.4) is 0 Å². The summed E-state index contributed by atoms with van der Waals surface area (Å²) in [5.74, 6) is 2.21. The Kier molecular flexibility index (Phi) is 5.16. The van der Waals surface area contributed by atoms with Gasteiger partial charge in [0, 0.05) is 30.1 Å². The number of terminal acetylenes is 1. The van der Waals surface area contributed by atoms with Crippen molar-refractivity contribution in [2.45, 2.75) is 19.3 Å². The number of benzene rings is 1. The molecule has 0 aliphatic heterocycles. The summed E-state index contributed by atoms with van der Waals surface area (Å²) >= 11 is 0. The Labute approximate surface area is 129 Å². The zero-order valence-corrected chi connectivity index (χ0v) is 12.3. The van der Waals surface area contributed by atoms with Crippen LogP contribution in [0.1, 0.15) is 34.4 Å². The molecule has 2 rings (SSSR count). The molecule has 0 aliphatic carbocycles. The molecule has 1 heterocycles. The Morgan fingerprint density at radius 1 is 1.32 bits per heavy atom. The van der Waals surface area contributed by atoms with Gasteiger partial charge in [0.15, 0.2) is 0 Å². The van der Waals surface area contributed by atoms with Gasteiger partial charge >= 0.3 is 0 Å². The molecule has 0 atom stereocenters. The highest BCUT2D eigenvalue weighted by molar-refractivity contribution is 6.09. The summed E-state index contributed by atoms with van der Waals surface area (Å²) < 4.78 is 1.48. The highest BCUT2D eigenvalue weighted by Gasteiger charge is 2.13. The van der Waals surface area contributed by atoms with Crippen LogP contribution in [0.25, 0.3) is 10.9 Å². The Bertz CT molecular complexity index is 750. The predicted octanol–water partition coefficient (Wildman–Crippen LogP) is 3.00. The van der Waals surface area contributed by atoms with Crippen molar-refractivity contribution in [3.05, 3.63) is 48.7 Å². The van der Waals surface area contributed by atoms with Gasteiger partial charge in [-0.15, -0.1) is 12.3 Å². The molecule has 0 unspecified atom stereocenters. The van der Waals surface area contributed by atoms with Crippen LogP contribution in [-0.2, 0) is 0 Å². The molecule has 1 N–H and O–H groups in total. The van der Waals surface area contributed by atoms with Crippen molar-refractivity contribution in [2.24, 2.45) is 0 Å². The number of carbonyl (C=O) groups excluding carboxylic acids is 2. The zero-order valence-electron chi connectivity index (χ0n) is 12.3. The lowest BCUT2D eigenvalue weighted by Gasteiger charge is -2.06. The van der Waals surface area contributed by atoms with Gasteiger partial charge in [-0.1, -0.05) is 12.6 Å². The molecule has 112 valence electrons. The van der Waals surface area contributed by atoms with Gasteiger partial charge in [-0.05, 0) is 37.1 Å². The monoisotopic (exact) mass is 294 g/mol. The predicted molar refractivity (Wildman–Crippen MR) is 87.8 cm³/mol. The van der Waals surface area contributed by atoms with E-state index in [1.807, 2.05) is 0 Å². The van der Waals surface area contributed by atoms with E-state index in [2.05, 4.69) is 17.8 Å². The first-order valence-corrected chi connectivity index (χ1v) is 7.17. The molecule has 22 heavy (non-hydrogen) atoms. The van der Waals surface area contributed by atoms with E-state index in [0.29, 0.717) is 17.6 Å². The number of nitrogens with one attached hydrogen (secondary N) is 1. The first-order chi connectivity index (χ1) is 10.7. The Morgan fingerprint density at radius 2 is 2.14 bits per heavy atom. The summed E-state index contributed by atoms with van der Waals surface area (Å²) in [6, 6.07) is 7.09. The Morgan fingerprint density at radius 3 is 2.86 bits per heavy atom. The molecule has 0 fully saturated rings. The molecule has 0 bridgehead atoms. The molecule has 0 aliphatic rings. The van der Waals surface area contributed by atoms with Crippen molar-refractivity contribution in [1.82, 2.24) is 9.88 Å². The van der Waals surface area contributed by atoms with E-state index in [0.717, 1.165) is 24.6 Å². The van der Waals surface area contributed by atoms with Crippen LogP contribution in [0, 0.1) is 12.3 Å². The van der Waals surface area contributed by atoms with Crippen LogP contribution in [0.2, 0.25) is 0 Å². The molecule has 4 heteroatoms. The molecule has 0 saturated carbocycles. The molecular formula is C18H18N2O2. The molecular weight excluding hydrogens is 276 g/mol. The van der Waals surface area contributed by atoms with E-state index < -0.39 is 0 Å². The maximum atomic E-state index is 12.3. The van der Waals surface area contributed by atoms with Crippen molar-refractivity contribution in [3.8, 4) is 12.3 Å². The highest BCUT2D eigenvalue weighted by Crippen LogP contribution is 2.20. The van der Waals surface area contributed by atoms with Gasteiger partial charge < -0.3 is 5.32 Å². The SMILES string of the molecule is C#CCCCCNC(=O)c1cccc2c1ccn2C(=O)C=C. The van der Waals surface area contributed by atoms with Gasteiger partial charge in [0.2, 0.25) is 0 Å². The minimum atomic E-state index is -0.221. The van der Waals surface area contributed by atoms with E-state index in [-0.39, 0.29) is 11.8 Å². The fourth-order valence-corrected chi connectivity index (χ4v) is 2.31. The molecule has 1 amide bonds. The number of rotatable bonds is 6. The average Bonchev–Trinajstić information content (AvgIpc) is 2.97. The van der Waals surface area contributed by atoms with E-state index >= 15 is 0 Å². The number of nitrogens with zero attached hydrogens (tertiary/aromatic N) is 1. The number of hydrogen-bond acceptors (Lipinski definition) is 2. The molecule has 0 radical (unpaired) electrons. The van der Waals surface area contributed by atoms with Crippen LogP contribution in [0.4, 0.5) is 0 Å². The second-order valence-electron chi connectivity index (χ2n) is 4.88. The van der Waals surface area contributed by atoms with Crippen molar-refractivity contribution < 1.29 is 9.59 Å². The quantitative estimate of drug-likeness (QED) is 0.506. The molecule has 1 aromatic heterocycles. The fraction of sp³-hybridized carbons (Fsp3) is 0.222. The third kappa shape index (κ3) is 3.26. The molecule has 0 saturated heterocycles. The summed E-state index contributed by atoms with van der Waals surface area (Å²) in [5.41, 5.74) is 1.26. The minimum absolute atomic E-state index is 0.143. The van der Waals surface area contributed by atoms with Gasteiger partial charge in [0.1, 0.15) is 0 Å². The molecule has 0 spiro atoms. The number of hydrogen-bond donors (Lipinski definition) is 1. The normalized spacial score (nSPS) is 10.1. The highest BCUT2D eigenvalue weighted by atomic mass is 16.2. The molecule has 2 aromatic rings. The smallest absolute Gasteiger partial charge is 0.254 e. The number of amides is 1. The lowest BCUT2D eigenvalue weighted by atomic mass is 10.1. The van der Waals surface area contributed by atoms with Crippen molar-refractivity contribution in [1.29, 1.82) is 0 Å². The van der Waals surface area contributed by atoms with Gasteiger partial charge in [0.05, 0.1) is 5.52 Å². The second kappa shape index (κ2) is 7.28. The number of aromatic nitrogens is 1. The Hall–Kier alpha value is -2.80. The largest absolute Gasteiger partial charge is 0.352 e. The van der Waals surface area contributed by atoms with E-state index in [1.165, 1.54) is 10.6 Å². The standard InChI is InChI=1S/C18H18N2O2/c1-3-5-6-7-12-19-18(22)15-9-8-10-16-14(15)11-13-20(16)17(21)4-2/h1,4,8-11,13H,2,5-7,12H2,(H,19,22). The summed E-state index contributed by atoms with van der Waals surface area (Å²) in [6.07, 6.45) is 10.5. The third-order valence-electron chi connectivity index (χ3n) is 3.42. The zero-order chi connectivity index (χ0) is 15.9. The van der Waals surface area contributed by atoms with Gasteiger partial charge in [-0.2, -0.15) is 0 Å². The van der Waals surface area contributed by atoms with Crippen LogP contribution in [0.5, 0.6) is 0 Å². The minimum Gasteiger partial charge on any atom is -0.352 e. The van der Waals surface area contributed by atoms with Crippen LogP contribution < -0.4 is 5.32 Å². The average molecular weight is 294 g/mol. The fourth-order valence-electron chi connectivity index (χ4n) is 2.31. The van der Waals surface area contributed by atoms with E-state index in [9.17, 15) is 9.59 Å². The topological polar surface area (TPSA) is 51.1 Å². The first kappa shape index (κ1) is 15.6. The summed E-state index contributed by atoms with van der Waals surface area (Å²) in [7, 11) is 0. The lowest BCUT2D eigenvalue weighted by molar-refractivity contribution is 0.0950. The summed E-state index contributed by atoms with van der Waals surface area (Å²) in [4.78, 5) is 24.0. The van der Waals surface area contributed by atoms with Gasteiger partial charge in [0.25, 0.3) is 11.8 Å². The maximum absolute atomic E-state index is 12.3. The van der Waals surface area contributed by atoms with E-state index in [1.54, 1.807) is 30.5 Å². The van der Waals surface area contributed by atoms with Gasteiger partial charge in [-0.3, -0.25) is 14.2 Å². The molecule has 4 nitrogen and oxygen atoms in total. The first-order valence-electron chi connectivity index (χ1n) is 7.17. The maximum Gasteiger partial charge on any atom is 0.254 e. The van der Waals surface area contributed by atoms with Crippen molar-refractivity contribution in [3.63, 3.8) is 0 Å². The number of allylic oxidation sites excluding steroid dienone is 1. The number of unbranched alkanes of at least 4 members (excludes halogenated alkanes) is 2. The Balaban J connectivity index is 2.16. The van der Waals surface area contributed by atoms with Crippen LogP contribution >= 0.6 is 0 Å². The third-order valence-corrected chi connectivity index (χ3v) is 3.42. The number of fused-ring (bicyclic) bond motifs is 1. The van der Waals surface area contributed by atoms with Crippen molar-refractivity contribution >= 4 is 22.7 Å². The molecule has 1 aromatic carbocycles. The van der Waals surface area contributed by atoms with Crippen molar-refractivity contribution in [2.75, 3.05) is 6.54 Å². The van der Waals surface area contributed by atoms with Gasteiger partial charge in [-0.25, -0.2) is 0 Å². The van der Waals surface area contributed by atoms with Crippen LogP contribution in [-0.4, -0.2) is 22.9 Å². The second-order valence-corrected chi connectivity index (χ2v) is 4.88. The number of carbonyl (C=O) groups is 2.